The maximum absolute atomic E-state index is 5.86. The highest BCUT2D eigenvalue weighted by molar-refractivity contribution is 5.35. The van der Waals surface area contributed by atoms with Gasteiger partial charge in [0, 0.05) is 35.6 Å². The van der Waals surface area contributed by atoms with Gasteiger partial charge in [-0.1, -0.05) is 32.0 Å². The molecular formula is C17H25NO2. The van der Waals surface area contributed by atoms with Gasteiger partial charge in [-0.05, 0) is 19.4 Å². The van der Waals surface area contributed by atoms with Gasteiger partial charge in [-0.2, -0.15) is 0 Å². The van der Waals surface area contributed by atoms with Crippen LogP contribution in [0.1, 0.15) is 38.8 Å². The molecule has 3 heteroatoms. The van der Waals surface area contributed by atoms with Crippen molar-refractivity contribution in [1.82, 2.24) is 5.32 Å². The summed E-state index contributed by atoms with van der Waals surface area (Å²) in [5.74, 6) is 1.63. The van der Waals surface area contributed by atoms with Crippen molar-refractivity contribution in [2.45, 2.75) is 45.4 Å². The third-order valence-corrected chi connectivity index (χ3v) is 5.14. The molecule has 2 fully saturated rings. The molecule has 1 aromatic rings. The Labute approximate surface area is 121 Å². The molecule has 4 unspecified atom stereocenters. The second-order valence-corrected chi connectivity index (χ2v) is 6.67. The molecule has 0 amide bonds. The summed E-state index contributed by atoms with van der Waals surface area (Å²) in [6.45, 7) is 7.76. The van der Waals surface area contributed by atoms with Crippen molar-refractivity contribution in [3.63, 3.8) is 0 Å². The standard InChI is InChI=1S/C17H25NO2/c1-11(12-7-5-6-8-14(12)19-4)18-15-13-9-10-20-16(13)17(15,2)3/h5-8,11,13,15-16,18H,9-10H2,1-4H3. The van der Waals surface area contributed by atoms with Crippen LogP contribution in [-0.2, 0) is 4.74 Å². The molecule has 1 aliphatic carbocycles. The van der Waals surface area contributed by atoms with Gasteiger partial charge in [0.15, 0.2) is 0 Å². The largest absolute Gasteiger partial charge is 0.496 e. The van der Waals surface area contributed by atoms with E-state index >= 15 is 0 Å². The number of para-hydroxylation sites is 1. The number of fused-ring (bicyclic) bond motifs is 1. The molecule has 20 heavy (non-hydrogen) atoms. The molecule has 0 spiro atoms. The minimum atomic E-state index is 0.220. The van der Waals surface area contributed by atoms with E-state index in [2.05, 4.69) is 38.2 Å². The van der Waals surface area contributed by atoms with Gasteiger partial charge in [-0.3, -0.25) is 0 Å². The number of hydrogen-bond donors (Lipinski definition) is 1. The molecule has 110 valence electrons. The zero-order chi connectivity index (χ0) is 14.3. The van der Waals surface area contributed by atoms with Gasteiger partial charge < -0.3 is 14.8 Å². The van der Waals surface area contributed by atoms with Gasteiger partial charge in [0.2, 0.25) is 0 Å². The van der Waals surface area contributed by atoms with Crippen LogP contribution in [-0.4, -0.2) is 25.9 Å². The monoisotopic (exact) mass is 275 g/mol. The summed E-state index contributed by atoms with van der Waals surface area (Å²) in [5.41, 5.74) is 1.45. The molecule has 0 radical (unpaired) electrons. The van der Waals surface area contributed by atoms with Crippen molar-refractivity contribution in [2.24, 2.45) is 11.3 Å². The van der Waals surface area contributed by atoms with E-state index in [-0.39, 0.29) is 11.5 Å². The summed E-state index contributed by atoms with van der Waals surface area (Å²) < 4.78 is 11.3. The van der Waals surface area contributed by atoms with E-state index in [1.165, 1.54) is 12.0 Å². The number of rotatable bonds is 4. The average Bonchev–Trinajstić information content (AvgIpc) is 2.91. The first-order valence-corrected chi connectivity index (χ1v) is 7.56. The third-order valence-electron chi connectivity index (χ3n) is 5.14. The van der Waals surface area contributed by atoms with Gasteiger partial charge >= 0.3 is 0 Å². The second kappa shape index (κ2) is 5.05. The Kier molecular flexibility index (Phi) is 3.51. The van der Waals surface area contributed by atoms with Crippen molar-refractivity contribution in [2.75, 3.05) is 13.7 Å². The number of hydrogen-bond acceptors (Lipinski definition) is 3. The number of methoxy groups -OCH3 is 1. The van der Waals surface area contributed by atoms with Crippen molar-refractivity contribution < 1.29 is 9.47 Å². The zero-order valence-corrected chi connectivity index (χ0v) is 12.8. The van der Waals surface area contributed by atoms with Gasteiger partial charge in [-0.25, -0.2) is 0 Å². The van der Waals surface area contributed by atoms with Crippen molar-refractivity contribution in [3.8, 4) is 5.75 Å². The molecule has 3 rings (SSSR count). The Balaban J connectivity index is 1.74. The fraction of sp³-hybridized carbons (Fsp3) is 0.647. The number of benzene rings is 1. The Hall–Kier alpha value is -1.06. The van der Waals surface area contributed by atoms with Gasteiger partial charge in [0.1, 0.15) is 5.75 Å². The average molecular weight is 275 g/mol. The molecule has 4 atom stereocenters. The summed E-state index contributed by atoms with van der Waals surface area (Å²) in [7, 11) is 1.74. The predicted molar refractivity (Wildman–Crippen MR) is 80.0 cm³/mol. The van der Waals surface area contributed by atoms with E-state index in [0.29, 0.717) is 18.1 Å². The number of ether oxygens (including phenoxy) is 2. The normalized spacial score (nSPS) is 32.3. The first-order valence-electron chi connectivity index (χ1n) is 7.56. The van der Waals surface area contributed by atoms with Gasteiger partial charge in [0.25, 0.3) is 0 Å². The highest BCUT2D eigenvalue weighted by Gasteiger charge is 2.59. The fourth-order valence-electron chi connectivity index (χ4n) is 4.05. The molecule has 1 N–H and O–H groups in total. The third kappa shape index (κ3) is 2.04. The first kappa shape index (κ1) is 13.9. The van der Waals surface area contributed by atoms with Crippen LogP contribution in [0.25, 0.3) is 0 Å². The summed E-state index contributed by atoms with van der Waals surface area (Å²) in [4.78, 5) is 0. The molecular weight excluding hydrogens is 250 g/mol. The first-order chi connectivity index (χ1) is 9.55. The van der Waals surface area contributed by atoms with Crippen LogP contribution in [0, 0.1) is 11.3 Å². The minimum absolute atomic E-state index is 0.220. The SMILES string of the molecule is COc1ccccc1C(C)NC1C2CCOC2C1(C)C. The van der Waals surface area contributed by atoms with Crippen LogP contribution in [0.2, 0.25) is 0 Å². The maximum atomic E-state index is 5.86. The van der Waals surface area contributed by atoms with Crippen molar-refractivity contribution in [3.05, 3.63) is 29.8 Å². The summed E-state index contributed by atoms with van der Waals surface area (Å²) in [6, 6.07) is 9.07. The molecule has 2 aliphatic rings. The molecule has 1 aromatic carbocycles. The molecule has 1 aliphatic heterocycles. The number of nitrogens with one attached hydrogen (secondary N) is 1. The fourth-order valence-corrected chi connectivity index (χ4v) is 4.05. The minimum Gasteiger partial charge on any atom is -0.496 e. The Morgan fingerprint density at radius 1 is 1.35 bits per heavy atom. The van der Waals surface area contributed by atoms with Crippen LogP contribution < -0.4 is 10.1 Å². The lowest BCUT2D eigenvalue weighted by molar-refractivity contribution is -0.115. The Bertz CT molecular complexity index is 486. The summed E-state index contributed by atoms with van der Waals surface area (Å²) >= 11 is 0. The molecule has 1 saturated carbocycles. The highest BCUT2D eigenvalue weighted by atomic mass is 16.5. The lowest BCUT2D eigenvalue weighted by Gasteiger charge is -2.55. The lowest BCUT2D eigenvalue weighted by atomic mass is 9.57. The van der Waals surface area contributed by atoms with Crippen LogP contribution in [0.3, 0.4) is 0 Å². The Morgan fingerprint density at radius 2 is 2.10 bits per heavy atom. The van der Waals surface area contributed by atoms with E-state index in [1.54, 1.807) is 7.11 Å². The van der Waals surface area contributed by atoms with Crippen molar-refractivity contribution in [1.29, 1.82) is 0 Å². The van der Waals surface area contributed by atoms with Crippen LogP contribution in [0.4, 0.5) is 0 Å². The second-order valence-electron chi connectivity index (χ2n) is 6.67. The van der Waals surface area contributed by atoms with Gasteiger partial charge in [-0.15, -0.1) is 0 Å². The van der Waals surface area contributed by atoms with E-state index in [4.69, 9.17) is 9.47 Å². The molecule has 1 heterocycles. The summed E-state index contributed by atoms with van der Waals surface area (Å²) in [5, 5.41) is 3.81. The van der Waals surface area contributed by atoms with Crippen molar-refractivity contribution >= 4 is 0 Å². The lowest BCUT2D eigenvalue weighted by Crippen LogP contribution is -2.66. The zero-order valence-electron chi connectivity index (χ0n) is 12.8. The Morgan fingerprint density at radius 3 is 2.85 bits per heavy atom. The molecule has 0 aromatic heterocycles. The smallest absolute Gasteiger partial charge is 0.123 e. The van der Waals surface area contributed by atoms with Crippen LogP contribution >= 0.6 is 0 Å². The van der Waals surface area contributed by atoms with Crippen LogP contribution in [0.5, 0.6) is 5.75 Å². The molecule has 3 nitrogen and oxygen atoms in total. The van der Waals surface area contributed by atoms with E-state index < -0.39 is 0 Å². The van der Waals surface area contributed by atoms with E-state index in [9.17, 15) is 0 Å². The van der Waals surface area contributed by atoms with E-state index in [1.807, 2.05) is 12.1 Å². The highest BCUT2D eigenvalue weighted by Crippen LogP contribution is 2.52. The predicted octanol–water partition coefficient (Wildman–Crippen LogP) is 3.16. The van der Waals surface area contributed by atoms with Crippen LogP contribution in [0.15, 0.2) is 24.3 Å². The topological polar surface area (TPSA) is 30.5 Å². The molecule has 0 bridgehead atoms. The quantitative estimate of drug-likeness (QED) is 0.915. The van der Waals surface area contributed by atoms with E-state index in [0.717, 1.165) is 12.4 Å². The molecule has 1 saturated heterocycles. The summed E-state index contributed by atoms with van der Waals surface area (Å²) in [6.07, 6.45) is 1.62. The van der Waals surface area contributed by atoms with Gasteiger partial charge in [0.05, 0.1) is 13.2 Å². The maximum Gasteiger partial charge on any atom is 0.123 e.